The molecule has 1 aromatic rings. The van der Waals surface area contributed by atoms with Crippen molar-refractivity contribution >= 4 is 5.69 Å². The quantitative estimate of drug-likeness (QED) is 0.767. The minimum Gasteiger partial charge on any atom is -0.371 e. The number of piperidine rings is 1. The van der Waals surface area contributed by atoms with Gasteiger partial charge in [-0.1, -0.05) is 19.3 Å². The zero-order chi connectivity index (χ0) is 13.2. The SMILES string of the molecule is N#Cc1ccc(N2CCC3CCCCC3C2)cc1F. The molecular formula is C16H19FN2. The molecule has 2 atom stereocenters. The maximum atomic E-state index is 13.7. The molecule has 0 N–H and O–H groups in total. The van der Waals surface area contributed by atoms with Crippen molar-refractivity contribution in [2.24, 2.45) is 11.8 Å². The van der Waals surface area contributed by atoms with E-state index in [1.54, 1.807) is 6.07 Å². The van der Waals surface area contributed by atoms with Crippen molar-refractivity contribution in [3.8, 4) is 6.07 Å². The first-order valence-electron chi connectivity index (χ1n) is 7.22. The van der Waals surface area contributed by atoms with E-state index in [-0.39, 0.29) is 5.56 Å². The van der Waals surface area contributed by atoms with Crippen LogP contribution in [0.4, 0.5) is 10.1 Å². The predicted molar refractivity (Wildman–Crippen MR) is 73.4 cm³/mol. The first-order chi connectivity index (χ1) is 9.28. The Labute approximate surface area is 113 Å². The van der Waals surface area contributed by atoms with Crippen molar-refractivity contribution in [1.29, 1.82) is 5.26 Å². The van der Waals surface area contributed by atoms with Gasteiger partial charge in [0.2, 0.25) is 0 Å². The summed E-state index contributed by atoms with van der Waals surface area (Å²) in [6.45, 7) is 2.07. The topological polar surface area (TPSA) is 27.0 Å². The van der Waals surface area contributed by atoms with E-state index >= 15 is 0 Å². The number of nitriles is 1. The molecule has 3 heteroatoms. The van der Waals surface area contributed by atoms with Crippen LogP contribution in [0.25, 0.3) is 0 Å². The number of nitrogens with zero attached hydrogens (tertiary/aromatic N) is 2. The smallest absolute Gasteiger partial charge is 0.143 e. The molecule has 1 saturated carbocycles. The summed E-state index contributed by atoms with van der Waals surface area (Å²) in [6, 6.07) is 6.87. The van der Waals surface area contributed by atoms with Crippen LogP contribution in [0.3, 0.4) is 0 Å². The molecule has 0 bridgehead atoms. The molecule has 1 aliphatic heterocycles. The van der Waals surface area contributed by atoms with Gasteiger partial charge in [0.25, 0.3) is 0 Å². The van der Waals surface area contributed by atoms with Crippen LogP contribution in [0.15, 0.2) is 18.2 Å². The van der Waals surface area contributed by atoms with Gasteiger partial charge < -0.3 is 4.90 Å². The number of rotatable bonds is 1. The average molecular weight is 258 g/mol. The lowest BCUT2D eigenvalue weighted by molar-refractivity contribution is 0.202. The van der Waals surface area contributed by atoms with Crippen LogP contribution in [0.2, 0.25) is 0 Å². The molecule has 1 saturated heterocycles. The molecule has 2 nitrogen and oxygen atoms in total. The van der Waals surface area contributed by atoms with Crippen LogP contribution in [-0.2, 0) is 0 Å². The van der Waals surface area contributed by atoms with Gasteiger partial charge in [-0.25, -0.2) is 4.39 Å². The van der Waals surface area contributed by atoms with E-state index in [1.807, 2.05) is 12.1 Å². The fourth-order valence-electron chi connectivity index (χ4n) is 3.63. The lowest BCUT2D eigenvalue weighted by Gasteiger charge is -2.42. The van der Waals surface area contributed by atoms with Gasteiger partial charge in [-0.15, -0.1) is 0 Å². The summed E-state index contributed by atoms with van der Waals surface area (Å²) < 4.78 is 13.7. The summed E-state index contributed by atoms with van der Waals surface area (Å²) in [5.74, 6) is 1.26. The highest BCUT2D eigenvalue weighted by atomic mass is 19.1. The summed E-state index contributed by atoms with van der Waals surface area (Å²) >= 11 is 0. The lowest BCUT2D eigenvalue weighted by Crippen LogP contribution is -2.41. The number of fused-ring (bicyclic) bond motifs is 1. The van der Waals surface area contributed by atoms with E-state index in [0.717, 1.165) is 30.6 Å². The summed E-state index contributed by atoms with van der Waals surface area (Å²) in [4.78, 5) is 2.29. The second kappa shape index (κ2) is 5.21. The minimum atomic E-state index is -0.397. The molecule has 2 aliphatic rings. The second-order valence-electron chi connectivity index (χ2n) is 5.82. The van der Waals surface area contributed by atoms with Gasteiger partial charge >= 0.3 is 0 Å². The van der Waals surface area contributed by atoms with Crippen LogP contribution < -0.4 is 4.90 Å². The molecular weight excluding hydrogens is 239 g/mol. The lowest BCUT2D eigenvalue weighted by atomic mass is 9.75. The molecule has 1 aliphatic carbocycles. The monoisotopic (exact) mass is 258 g/mol. The van der Waals surface area contributed by atoms with E-state index in [1.165, 1.54) is 38.2 Å². The van der Waals surface area contributed by atoms with Crippen LogP contribution in [0.5, 0.6) is 0 Å². The zero-order valence-corrected chi connectivity index (χ0v) is 11.1. The Hall–Kier alpha value is -1.56. The van der Waals surface area contributed by atoms with Gasteiger partial charge in [0.15, 0.2) is 0 Å². The third-order valence-electron chi connectivity index (χ3n) is 4.73. The van der Waals surface area contributed by atoms with Gasteiger partial charge in [0, 0.05) is 18.8 Å². The van der Waals surface area contributed by atoms with E-state index in [2.05, 4.69) is 4.90 Å². The largest absolute Gasteiger partial charge is 0.371 e. The predicted octanol–water partition coefficient (Wildman–Crippen LogP) is 3.71. The van der Waals surface area contributed by atoms with Gasteiger partial charge in [-0.05, 0) is 42.9 Å². The molecule has 3 rings (SSSR count). The molecule has 1 heterocycles. The van der Waals surface area contributed by atoms with Crippen molar-refractivity contribution in [3.05, 3.63) is 29.6 Å². The van der Waals surface area contributed by atoms with Gasteiger partial charge in [0.05, 0.1) is 5.56 Å². The molecule has 0 radical (unpaired) electrons. The molecule has 100 valence electrons. The van der Waals surface area contributed by atoms with E-state index < -0.39 is 5.82 Å². The Balaban J connectivity index is 1.76. The molecule has 0 spiro atoms. The highest BCUT2D eigenvalue weighted by Crippen LogP contribution is 2.37. The maximum Gasteiger partial charge on any atom is 0.143 e. The molecule has 19 heavy (non-hydrogen) atoms. The number of halogens is 1. The van der Waals surface area contributed by atoms with Crippen molar-refractivity contribution in [1.82, 2.24) is 0 Å². The van der Waals surface area contributed by atoms with Crippen LogP contribution >= 0.6 is 0 Å². The first-order valence-corrected chi connectivity index (χ1v) is 7.22. The Morgan fingerprint density at radius 2 is 1.95 bits per heavy atom. The van der Waals surface area contributed by atoms with E-state index in [4.69, 9.17) is 5.26 Å². The Morgan fingerprint density at radius 1 is 1.16 bits per heavy atom. The molecule has 2 unspecified atom stereocenters. The van der Waals surface area contributed by atoms with E-state index in [9.17, 15) is 4.39 Å². The Bertz CT molecular complexity index is 506. The summed E-state index contributed by atoms with van der Waals surface area (Å²) in [5, 5.41) is 8.77. The second-order valence-corrected chi connectivity index (χ2v) is 5.82. The van der Waals surface area contributed by atoms with Crippen molar-refractivity contribution in [2.45, 2.75) is 32.1 Å². The standard InChI is InChI=1S/C16H19FN2/c17-16-9-15(6-5-13(16)10-18)19-8-7-12-3-1-2-4-14(12)11-19/h5-6,9,12,14H,1-4,7-8,11H2. The first kappa shape index (κ1) is 12.5. The fraction of sp³-hybridized carbons (Fsp3) is 0.562. The Kier molecular flexibility index (Phi) is 3.42. The molecule has 0 aromatic heterocycles. The number of hydrogen-bond acceptors (Lipinski definition) is 2. The normalized spacial score (nSPS) is 26.6. The highest BCUT2D eigenvalue weighted by Gasteiger charge is 2.31. The molecule has 2 fully saturated rings. The molecule has 1 aromatic carbocycles. The van der Waals surface area contributed by atoms with Gasteiger partial charge in [-0.3, -0.25) is 0 Å². The van der Waals surface area contributed by atoms with Crippen LogP contribution in [0.1, 0.15) is 37.7 Å². The van der Waals surface area contributed by atoms with E-state index in [0.29, 0.717) is 0 Å². The number of hydrogen-bond donors (Lipinski definition) is 0. The summed E-state index contributed by atoms with van der Waals surface area (Å²) in [6.07, 6.45) is 6.65. The minimum absolute atomic E-state index is 0.135. The third kappa shape index (κ3) is 2.45. The van der Waals surface area contributed by atoms with Crippen LogP contribution in [0, 0.1) is 29.0 Å². The molecule has 0 amide bonds. The summed E-state index contributed by atoms with van der Waals surface area (Å²) in [5.41, 5.74) is 1.07. The van der Waals surface area contributed by atoms with Gasteiger partial charge in [0.1, 0.15) is 11.9 Å². The number of anilines is 1. The fourth-order valence-corrected chi connectivity index (χ4v) is 3.63. The average Bonchev–Trinajstić information content (AvgIpc) is 2.46. The number of benzene rings is 1. The summed E-state index contributed by atoms with van der Waals surface area (Å²) in [7, 11) is 0. The van der Waals surface area contributed by atoms with Gasteiger partial charge in [-0.2, -0.15) is 5.26 Å². The highest BCUT2D eigenvalue weighted by molar-refractivity contribution is 5.50. The Morgan fingerprint density at radius 3 is 2.68 bits per heavy atom. The zero-order valence-electron chi connectivity index (χ0n) is 11.1. The van der Waals surface area contributed by atoms with Crippen molar-refractivity contribution in [2.75, 3.05) is 18.0 Å². The van der Waals surface area contributed by atoms with Crippen LogP contribution in [-0.4, -0.2) is 13.1 Å². The van der Waals surface area contributed by atoms with Crippen molar-refractivity contribution in [3.63, 3.8) is 0 Å². The third-order valence-corrected chi connectivity index (χ3v) is 4.73. The maximum absolute atomic E-state index is 13.7. The van der Waals surface area contributed by atoms with Crippen molar-refractivity contribution < 1.29 is 4.39 Å².